The van der Waals surface area contributed by atoms with Crippen molar-refractivity contribution in [3.05, 3.63) is 18.3 Å². The van der Waals surface area contributed by atoms with Crippen LogP contribution in [-0.2, 0) is 4.79 Å². The molecule has 0 unspecified atom stereocenters. The van der Waals surface area contributed by atoms with Crippen molar-refractivity contribution >= 4 is 17.4 Å². The van der Waals surface area contributed by atoms with Gasteiger partial charge in [-0.3, -0.25) is 4.79 Å². The molecule has 0 aliphatic carbocycles. The van der Waals surface area contributed by atoms with Crippen molar-refractivity contribution in [3.8, 4) is 0 Å². The van der Waals surface area contributed by atoms with Gasteiger partial charge in [-0.05, 0) is 12.0 Å². The van der Waals surface area contributed by atoms with Crippen molar-refractivity contribution in [2.45, 2.75) is 13.8 Å². The summed E-state index contributed by atoms with van der Waals surface area (Å²) in [6, 6.07) is 3.69. The molecule has 0 aromatic carbocycles. The molecule has 5 nitrogen and oxygen atoms in total. The molecule has 0 aliphatic heterocycles. The molecule has 94 valence electrons. The summed E-state index contributed by atoms with van der Waals surface area (Å²) in [5.41, 5.74) is 0.879. The van der Waals surface area contributed by atoms with Crippen LogP contribution in [0.3, 0.4) is 0 Å². The predicted molar refractivity (Wildman–Crippen MR) is 70.1 cm³/mol. The highest BCUT2D eigenvalue weighted by Gasteiger charge is 2.02. The summed E-state index contributed by atoms with van der Waals surface area (Å²) in [6.07, 6.45) is 1.69. The Morgan fingerprint density at radius 2 is 2.24 bits per heavy atom. The highest BCUT2D eigenvalue weighted by Crippen LogP contribution is 2.10. The highest BCUT2D eigenvalue weighted by molar-refractivity contribution is 5.80. The first kappa shape index (κ1) is 13.3. The summed E-state index contributed by atoms with van der Waals surface area (Å²) in [4.78, 5) is 15.6. The van der Waals surface area contributed by atoms with Gasteiger partial charge in [0.1, 0.15) is 5.82 Å². The first-order valence-corrected chi connectivity index (χ1v) is 5.76. The van der Waals surface area contributed by atoms with Crippen LogP contribution in [0.5, 0.6) is 0 Å². The van der Waals surface area contributed by atoms with E-state index in [4.69, 9.17) is 0 Å². The molecular weight excluding hydrogens is 216 g/mol. The third-order valence-corrected chi connectivity index (χ3v) is 2.18. The average molecular weight is 236 g/mol. The summed E-state index contributed by atoms with van der Waals surface area (Å²) in [7, 11) is 1.81. The van der Waals surface area contributed by atoms with E-state index in [2.05, 4.69) is 34.8 Å². The molecular formula is C12H20N4O. The van der Waals surface area contributed by atoms with Crippen LogP contribution >= 0.6 is 0 Å². The van der Waals surface area contributed by atoms with E-state index in [9.17, 15) is 4.79 Å². The molecule has 5 heteroatoms. The maximum absolute atomic E-state index is 11.5. The Morgan fingerprint density at radius 1 is 1.47 bits per heavy atom. The molecule has 0 spiro atoms. The predicted octanol–water partition coefficient (Wildman–Crippen LogP) is 1.31. The van der Waals surface area contributed by atoms with E-state index in [0.29, 0.717) is 12.5 Å². The number of hydrogen-bond donors (Lipinski definition) is 3. The zero-order valence-corrected chi connectivity index (χ0v) is 10.6. The van der Waals surface area contributed by atoms with Crippen molar-refractivity contribution < 1.29 is 4.79 Å². The Hall–Kier alpha value is -1.78. The molecule has 0 aliphatic rings. The quantitative estimate of drug-likeness (QED) is 0.696. The van der Waals surface area contributed by atoms with Gasteiger partial charge in [0.2, 0.25) is 5.91 Å². The fourth-order valence-corrected chi connectivity index (χ4v) is 1.24. The van der Waals surface area contributed by atoms with E-state index in [1.165, 1.54) is 0 Å². The Bertz CT molecular complexity index is 365. The molecule has 0 bridgehead atoms. The van der Waals surface area contributed by atoms with Gasteiger partial charge in [-0.1, -0.05) is 13.8 Å². The van der Waals surface area contributed by atoms with E-state index in [1.807, 2.05) is 19.2 Å². The number of nitrogens with zero attached hydrogens (tertiary/aromatic N) is 1. The zero-order chi connectivity index (χ0) is 12.7. The van der Waals surface area contributed by atoms with Gasteiger partial charge >= 0.3 is 0 Å². The molecule has 17 heavy (non-hydrogen) atoms. The third kappa shape index (κ3) is 5.19. The number of nitrogens with one attached hydrogen (secondary N) is 3. The van der Waals surface area contributed by atoms with Gasteiger partial charge in [-0.15, -0.1) is 0 Å². The third-order valence-electron chi connectivity index (χ3n) is 2.18. The highest BCUT2D eigenvalue weighted by atomic mass is 16.1. The number of amides is 1. The topological polar surface area (TPSA) is 66.0 Å². The molecule has 0 radical (unpaired) electrons. The smallest absolute Gasteiger partial charge is 0.239 e. The van der Waals surface area contributed by atoms with Crippen molar-refractivity contribution in [2.24, 2.45) is 5.92 Å². The Kier molecular flexibility index (Phi) is 5.26. The van der Waals surface area contributed by atoms with Gasteiger partial charge in [0.05, 0.1) is 6.54 Å². The van der Waals surface area contributed by atoms with Gasteiger partial charge in [0.15, 0.2) is 0 Å². The molecule has 0 atom stereocenters. The average Bonchev–Trinajstić information content (AvgIpc) is 2.34. The monoisotopic (exact) mass is 236 g/mol. The van der Waals surface area contributed by atoms with E-state index in [-0.39, 0.29) is 12.5 Å². The van der Waals surface area contributed by atoms with Crippen molar-refractivity contribution in [1.82, 2.24) is 10.3 Å². The van der Waals surface area contributed by atoms with Gasteiger partial charge in [-0.25, -0.2) is 4.98 Å². The second-order valence-corrected chi connectivity index (χ2v) is 4.23. The zero-order valence-electron chi connectivity index (χ0n) is 10.6. The van der Waals surface area contributed by atoms with Crippen LogP contribution in [0.1, 0.15) is 13.8 Å². The van der Waals surface area contributed by atoms with E-state index < -0.39 is 0 Å². The summed E-state index contributed by atoms with van der Waals surface area (Å²) >= 11 is 0. The minimum atomic E-state index is 0.00141. The fourth-order valence-electron chi connectivity index (χ4n) is 1.24. The minimum Gasteiger partial charge on any atom is -0.376 e. The number of carbonyl (C=O) groups is 1. The molecule has 1 rings (SSSR count). The Morgan fingerprint density at radius 3 is 2.88 bits per heavy atom. The van der Waals surface area contributed by atoms with Crippen LogP contribution in [0.2, 0.25) is 0 Å². The van der Waals surface area contributed by atoms with Gasteiger partial charge in [-0.2, -0.15) is 0 Å². The number of anilines is 2. The minimum absolute atomic E-state index is 0.00141. The molecule has 1 amide bonds. The first-order valence-electron chi connectivity index (χ1n) is 5.76. The van der Waals surface area contributed by atoms with Gasteiger partial charge < -0.3 is 16.0 Å². The largest absolute Gasteiger partial charge is 0.376 e. The SMILES string of the molecule is CNc1cc(NCC(=O)NCC(C)C)ccn1. The van der Waals surface area contributed by atoms with E-state index in [0.717, 1.165) is 11.5 Å². The van der Waals surface area contributed by atoms with Gasteiger partial charge in [0.25, 0.3) is 0 Å². The van der Waals surface area contributed by atoms with Crippen LogP contribution in [0.4, 0.5) is 11.5 Å². The standard InChI is InChI=1S/C12H20N4O/c1-9(2)7-16-12(17)8-15-10-4-5-14-11(6-10)13-3/h4-6,9H,7-8H2,1-3H3,(H,16,17)(H2,13,14,15). The molecule has 0 fully saturated rings. The second-order valence-electron chi connectivity index (χ2n) is 4.23. The van der Waals surface area contributed by atoms with E-state index >= 15 is 0 Å². The molecule has 3 N–H and O–H groups in total. The Balaban J connectivity index is 2.36. The number of pyridine rings is 1. The Labute approximate surface area is 102 Å². The summed E-state index contributed by atoms with van der Waals surface area (Å²) in [5, 5.41) is 8.84. The lowest BCUT2D eigenvalue weighted by atomic mass is 10.2. The normalized spacial score (nSPS) is 10.1. The number of carbonyl (C=O) groups excluding carboxylic acids is 1. The molecule has 0 saturated carbocycles. The lowest BCUT2D eigenvalue weighted by molar-refractivity contribution is -0.119. The summed E-state index contributed by atoms with van der Waals surface area (Å²) in [5.74, 6) is 1.25. The molecule has 1 aromatic heterocycles. The number of rotatable bonds is 6. The van der Waals surface area contributed by atoms with Crippen LogP contribution < -0.4 is 16.0 Å². The summed E-state index contributed by atoms with van der Waals surface area (Å²) < 4.78 is 0. The van der Waals surface area contributed by atoms with Crippen LogP contribution in [-0.4, -0.2) is 31.0 Å². The number of aromatic nitrogens is 1. The van der Waals surface area contributed by atoms with Crippen LogP contribution in [0, 0.1) is 5.92 Å². The van der Waals surface area contributed by atoms with E-state index in [1.54, 1.807) is 6.20 Å². The summed E-state index contributed by atoms with van der Waals surface area (Å²) in [6.45, 7) is 5.12. The first-order chi connectivity index (χ1) is 8.11. The second kappa shape index (κ2) is 6.73. The fraction of sp³-hybridized carbons (Fsp3) is 0.500. The lowest BCUT2D eigenvalue weighted by Gasteiger charge is -2.09. The molecule has 1 heterocycles. The lowest BCUT2D eigenvalue weighted by Crippen LogP contribution is -2.32. The van der Waals surface area contributed by atoms with Crippen LogP contribution in [0.25, 0.3) is 0 Å². The van der Waals surface area contributed by atoms with Crippen LogP contribution in [0.15, 0.2) is 18.3 Å². The van der Waals surface area contributed by atoms with Crippen molar-refractivity contribution in [1.29, 1.82) is 0 Å². The van der Waals surface area contributed by atoms with Crippen molar-refractivity contribution in [3.63, 3.8) is 0 Å². The molecule has 1 aromatic rings. The molecule has 0 saturated heterocycles. The number of hydrogen-bond acceptors (Lipinski definition) is 4. The van der Waals surface area contributed by atoms with Gasteiger partial charge in [0, 0.05) is 31.5 Å². The van der Waals surface area contributed by atoms with Crippen molar-refractivity contribution in [2.75, 3.05) is 30.8 Å². The maximum atomic E-state index is 11.5. The maximum Gasteiger partial charge on any atom is 0.239 e.